The number of rotatable bonds is 8. The van der Waals surface area contributed by atoms with Crippen molar-refractivity contribution in [2.24, 2.45) is 0 Å². The van der Waals surface area contributed by atoms with E-state index in [1.165, 1.54) is 23.9 Å². The van der Waals surface area contributed by atoms with Gasteiger partial charge < -0.3 is 10.1 Å². The highest BCUT2D eigenvalue weighted by molar-refractivity contribution is 7.99. The molecule has 1 atom stereocenters. The summed E-state index contributed by atoms with van der Waals surface area (Å²) in [7, 11) is 0. The van der Waals surface area contributed by atoms with Crippen LogP contribution in [0.1, 0.15) is 12.8 Å². The van der Waals surface area contributed by atoms with Gasteiger partial charge in [-0.1, -0.05) is 30.0 Å². The number of nitrogens with one attached hydrogen (secondary N) is 1. The summed E-state index contributed by atoms with van der Waals surface area (Å²) in [6, 6.07) is 10.0. The Hall–Kier alpha value is -2.76. The minimum Gasteiger partial charge on any atom is -0.376 e. The van der Waals surface area contributed by atoms with Gasteiger partial charge in [0.05, 0.1) is 28.2 Å². The molecule has 1 aromatic carbocycles. The predicted molar refractivity (Wildman–Crippen MR) is 115 cm³/mol. The summed E-state index contributed by atoms with van der Waals surface area (Å²) in [5.74, 6) is 0.459. The molecule has 1 aliphatic heterocycles. The normalized spacial score (nSPS) is 15.9. The first-order valence-electron chi connectivity index (χ1n) is 9.36. The fraction of sp³-hybridized carbons (Fsp3) is 0.316. The predicted octanol–water partition coefficient (Wildman–Crippen LogP) is 3.82. The molecule has 1 fully saturated rings. The molecule has 1 amide bonds. The second-order valence-electron chi connectivity index (χ2n) is 6.64. The Labute approximate surface area is 180 Å². The van der Waals surface area contributed by atoms with Crippen molar-refractivity contribution in [3.8, 4) is 10.7 Å². The number of anilines is 1. The van der Waals surface area contributed by atoms with Gasteiger partial charge in [-0.05, 0) is 30.4 Å². The Morgan fingerprint density at radius 2 is 2.20 bits per heavy atom. The Morgan fingerprint density at radius 3 is 2.93 bits per heavy atom. The maximum absolute atomic E-state index is 12.4. The molecule has 0 saturated carbocycles. The molecule has 0 unspecified atom stereocenters. The number of para-hydroxylation sites is 2. The van der Waals surface area contributed by atoms with Gasteiger partial charge in [-0.3, -0.25) is 19.5 Å². The molecule has 3 aromatic rings. The number of amides is 1. The standard InChI is InChI=1S/C19H19N5O4S2/c25-17(20-14-6-1-2-7-15(14)24(26)27)12-30-19-22-21-18(16-8-4-10-29-16)23(19)11-13-5-3-9-28-13/h1-2,4,6-8,10,13H,3,5,9,11-12H2,(H,20,25)/t13-/m0/s1. The molecular weight excluding hydrogens is 426 g/mol. The van der Waals surface area contributed by atoms with Crippen molar-refractivity contribution < 1.29 is 14.5 Å². The summed E-state index contributed by atoms with van der Waals surface area (Å²) in [5, 5.41) is 24.9. The summed E-state index contributed by atoms with van der Waals surface area (Å²) in [6.07, 6.45) is 2.10. The minimum absolute atomic E-state index is 0.0557. The summed E-state index contributed by atoms with van der Waals surface area (Å²) < 4.78 is 7.76. The maximum atomic E-state index is 12.4. The van der Waals surface area contributed by atoms with E-state index < -0.39 is 4.92 Å². The number of benzene rings is 1. The Balaban J connectivity index is 1.47. The van der Waals surface area contributed by atoms with Gasteiger partial charge in [0.25, 0.3) is 5.69 Å². The number of nitrogens with zero attached hydrogens (tertiary/aromatic N) is 4. The quantitative estimate of drug-likeness (QED) is 0.319. The van der Waals surface area contributed by atoms with E-state index in [1.54, 1.807) is 23.5 Å². The number of thiophene rings is 1. The van der Waals surface area contributed by atoms with Crippen molar-refractivity contribution >= 4 is 40.4 Å². The van der Waals surface area contributed by atoms with E-state index in [2.05, 4.69) is 15.5 Å². The zero-order chi connectivity index (χ0) is 20.9. The number of nitro groups is 1. The molecule has 11 heteroatoms. The molecule has 1 saturated heterocycles. The van der Waals surface area contributed by atoms with Crippen LogP contribution in [0.5, 0.6) is 0 Å². The van der Waals surface area contributed by atoms with Crippen LogP contribution in [0.3, 0.4) is 0 Å². The smallest absolute Gasteiger partial charge is 0.292 e. The zero-order valence-corrected chi connectivity index (χ0v) is 17.5. The maximum Gasteiger partial charge on any atom is 0.292 e. The van der Waals surface area contributed by atoms with Gasteiger partial charge in [-0.15, -0.1) is 21.5 Å². The van der Waals surface area contributed by atoms with Crippen LogP contribution >= 0.6 is 23.1 Å². The number of ether oxygens (including phenoxy) is 1. The minimum atomic E-state index is -0.520. The van der Waals surface area contributed by atoms with Crippen molar-refractivity contribution in [1.29, 1.82) is 0 Å². The Kier molecular flexibility index (Phi) is 6.41. The first-order valence-corrected chi connectivity index (χ1v) is 11.2. The SMILES string of the molecule is O=C(CSc1nnc(-c2cccs2)n1C[C@@H]1CCCO1)Nc1ccccc1[N+](=O)[O-]. The monoisotopic (exact) mass is 445 g/mol. The number of carbonyl (C=O) groups excluding carboxylic acids is 1. The largest absolute Gasteiger partial charge is 0.376 e. The van der Waals surface area contributed by atoms with Crippen LogP contribution in [-0.2, 0) is 16.1 Å². The van der Waals surface area contributed by atoms with E-state index in [0.29, 0.717) is 11.7 Å². The summed E-state index contributed by atoms with van der Waals surface area (Å²) >= 11 is 2.82. The van der Waals surface area contributed by atoms with E-state index >= 15 is 0 Å². The first-order chi connectivity index (χ1) is 14.6. The molecule has 3 heterocycles. The molecule has 1 aliphatic rings. The highest BCUT2D eigenvalue weighted by atomic mass is 32.2. The molecule has 0 aliphatic carbocycles. The van der Waals surface area contributed by atoms with Crippen LogP contribution in [0.2, 0.25) is 0 Å². The third-order valence-corrected chi connectivity index (χ3v) is 6.41. The van der Waals surface area contributed by atoms with Crippen molar-refractivity contribution in [3.05, 3.63) is 51.9 Å². The molecule has 0 bridgehead atoms. The first kappa shape index (κ1) is 20.5. The van der Waals surface area contributed by atoms with Crippen LogP contribution in [0.4, 0.5) is 11.4 Å². The Morgan fingerprint density at radius 1 is 1.33 bits per heavy atom. The number of nitro benzene ring substituents is 1. The molecule has 0 radical (unpaired) electrons. The molecule has 2 aromatic heterocycles. The van der Waals surface area contributed by atoms with Gasteiger partial charge >= 0.3 is 0 Å². The number of hydrogen-bond acceptors (Lipinski definition) is 8. The van der Waals surface area contributed by atoms with Gasteiger partial charge in [0.2, 0.25) is 5.91 Å². The van der Waals surface area contributed by atoms with Crippen LogP contribution in [0.15, 0.2) is 46.9 Å². The average molecular weight is 446 g/mol. The van der Waals surface area contributed by atoms with Gasteiger partial charge in [0.1, 0.15) is 5.69 Å². The van der Waals surface area contributed by atoms with Crippen molar-refractivity contribution in [2.45, 2.75) is 30.6 Å². The number of aromatic nitrogens is 3. The van der Waals surface area contributed by atoms with E-state index in [-0.39, 0.29) is 29.1 Å². The lowest BCUT2D eigenvalue weighted by atomic mass is 10.2. The summed E-state index contributed by atoms with van der Waals surface area (Å²) in [5.41, 5.74) is 0.0329. The lowest BCUT2D eigenvalue weighted by molar-refractivity contribution is -0.383. The molecule has 156 valence electrons. The Bertz CT molecular complexity index is 1030. The highest BCUT2D eigenvalue weighted by Gasteiger charge is 2.23. The van der Waals surface area contributed by atoms with Crippen LogP contribution in [0, 0.1) is 10.1 Å². The van der Waals surface area contributed by atoms with Crippen LogP contribution in [0.25, 0.3) is 10.7 Å². The summed E-state index contributed by atoms with van der Waals surface area (Å²) in [4.78, 5) is 24.0. The zero-order valence-electron chi connectivity index (χ0n) is 15.9. The number of hydrogen-bond donors (Lipinski definition) is 1. The van der Waals surface area contributed by atoms with Crippen molar-refractivity contribution in [3.63, 3.8) is 0 Å². The molecule has 9 nitrogen and oxygen atoms in total. The van der Waals surface area contributed by atoms with Crippen molar-refractivity contribution in [2.75, 3.05) is 17.7 Å². The molecule has 1 N–H and O–H groups in total. The lowest BCUT2D eigenvalue weighted by Crippen LogP contribution is -2.18. The van der Waals surface area contributed by atoms with Gasteiger partial charge in [-0.2, -0.15) is 0 Å². The van der Waals surface area contributed by atoms with E-state index in [4.69, 9.17) is 4.74 Å². The number of thioether (sulfide) groups is 1. The summed E-state index contributed by atoms with van der Waals surface area (Å²) in [6.45, 7) is 1.37. The van der Waals surface area contributed by atoms with E-state index in [1.807, 2.05) is 22.1 Å². The average Bonchev–Trinajstić information content (AvgIpc) is 3.49. The molecule has 4 rings (SSSR count). The lowest BCUT2D eigenvalue weighted by Gasteiger charge is -2.14. The molecular formula is C19H19N5O4S2. The topological polar surface area (TPSA) is 112 Å². The number of carbonyl (C=O) groups is 1. The van der Waals surface area contributed by atoms with Gasteiger partial charge in [-0.25, -0.2) is 0 Å². The molecule has 0 spiro atoms. The van der Waals surface area contributed by atoms with E-state index in [0.717, 1.165) is 30.2 Å². The van der Waals surface area contributed by atoms with Crippen LogP contribution < -0.4 is 5.32 Å². The van der Waals surface area contributed by atoms with Gasteiger partial charge in [0.15, 0.2) is 11.0 Å². The fourth-order valence-electron chi connectivity index (χ4n) is 3.20. The molecule has 30 heavy (non-hydrogen) atoms. The highest BCUT2D eigenvalue weighted by Crippen LogP contribution is 2.29. The fourth-order valence-corrected chi connectivity index (χ4v) is 4.66. The second-order valence-corrected chi connectivity index (χ2v) is 8.53. The third-order valence-electron chi connectivity index (χ3n) is 4.58. The van der Waals surface area contributed by atoms with Gasteiger partial charge in [0, 0.05) is 12.7 Å². The van der Waals surface area contributed by atoms with E-state index in [9.17, 15) is 14.9 Å². The second kappa shape index (κ2) is 9.37. The third kappa shape index (κ3) is 4.69. The van der Waals surface area contributed by atoms with Crippen molar-refractivity contribution in [1.82, 2.24) is 14.8 Å². The van der Waals surface area contributed by atoms with Crippen LogP contribution in [-0.4, -0.2) is 44.1 Å².